The van der Waals surface area contributed by atoms with Crippen LogP contribution in [0.25, 0.3) is 0 Å². The van der Waals surface area contributed by atoms with Crippen molar-refractivity contribution in [3.63, 3.8) is 0 Å². The van der Waals surface area contributed by atoms with Crippen LogP contribution in [0, 0.1) is 5.82 Å². The van der Waals surface area contributed by atoms with Crippen LogP contribution in [-0.2, 0) is 0 Å². The zero-order chi connectivity index (χ0) is 13.0. The second-order valence-electron chi connectivity index (χ2n) is 4.33. The van der Waals surface area contributed by atoms with Crippen molar-refractivity contribution >= 4 is 23.4 Å². The smallest absolute Gasteiger partial charge is 0.196 e. The Labute approximate surface area is 111 Å². The number of thioether (sulfide) groups is 1. The lowest BCUT2D eigenvalue weighted by Crippen LogP contribution is -2.40. The van der Waals surface area contributed by atoms with Gasteiger partial charge in [0.2, 0.25) is 0 Å². The first kappa shape index (κ1) is 13.2. The van der Waals surface area contributed by atoms with E-state index in [1.54, 1.807) is 12.1 Å². The minimum atomic E-state index is -0.229. The number of guanidine groups is 1. The summed E-state index contributed by atoms with van der Waals surface area (Å²) in [6.07, 6.45) is 4.31. The number of anilines is 1. The third-order valence-corrected chi connectivity index (χ3v) is 3.76. The first-order valence-corrected chi connectivity index (χ1v) is 7.45. The van der Waals surface area contributed by atoms with E-state index in [1.165, 1.54) is 12.1 Å². The Morgan fingerprint density at radius 1 is 1.44 bits per heavy atom. The summed E-state index contributed by atoms with van der Waals surface area (Å²) < 4.78 is 12.9. The van der Waals surface area contributed by atoms with Crippen molar-refractivity contribution in [1.29, 1.82) is 0 Å². The standard InChI is InChI=1S/C13H18FN3S/c1-18-8-2-3-12-9-16-13(15)17(12)11-6-4-10(14)5-7-11/h4-7,12H,2-3,8-9H2,1H3,(H2,15,16). The summed E-state index contributed by atoms with van der Waals surface area (Å²) in [4.78, 5) is 6.31. The summed E-state index contributed by atoms with van der Waals surface area (Å²) in [7, 11) is 0. The van der Waals surface area contributed by atoms with Gasteiger partial charge in [-0.1, -0.05) is 0 Å². The molecule has 0 radical (unpaired) electrons. The average Bonchev–Trinajstić information content (AvgIpc) is 2.72. The van der Waals surface area contributed by atoms with Gasteiger partial charge in [-0.3, -0.25) is 4.99 Å². The molecule has 18 heavy (non-hydrogen) atoms. The number of rotatable bonds is 5. The predicted molar refractivity (Wildman–Crippen MR) is 76.8 cm³/mol. The van der Waals surface area contributed by atoms with E-state index in [2.05, 4.69) is 11.2 Å². The van der Waals surface area contributed by atoms with Crippen molar-refractivity contribution in [2.75, 3.05) is 23.5 Å². The maximum absolute atomic E-state index is 12.9. The highest BCUT2D eigenvalue weighted by Crippen LogP contribution is 2.23. The highest BCUT2D eigenvalue weighted by molar-refractivity contribution is 7.98. The molecule has 0 amide bonds. The molecule has 0 aliphatic carbocycles. The summed E-state index contributed by atoms with van der Waals surface area (Å²) in [6, 6.07) is 6.73. The van der Waals surface area contributed by atoms with E-state index in [0.29, 0.717) is 12.0 Å². The van der Waals surface area contributed by atoms with Crippen LogP contribution in [0.15, 0.2) is 29.3 Å². The molecule has 98 valence electrons. The highest BCUT2D eigenvalue weighted by atomic mass is 32.2. The van der Waals surface area contributed by atoms with Crippen LogP contribution >= 0.6 is 11.8 Å². The van der Waals surface area contributed by atoms with Gasteiger partial charge >= 0.3 is 0 Å². The minimum absolute atomic E-state index is 0.229. The summed E-state index contributed by atoms with van der Waals surface area (Å²) in [5.41, 5.74) is 6.84. The maximum atomic E-state index is 12.9. The highest BCUT2D eigenvalue weighted by Gasteiger charge is 2.26. The fraction of sp³-hybridized carbons (Fsp3) is 0.462. The van der Waals surface area contributed by atoms with E-state index in [9.17, 15) is 4.39 Å². The Morgan fingerprint density at radius 2 is 2.17 bits per heavy atom. The SMILES string of the molecule is CSCCCC1CN=C(N)N1c1ccc(F)cc1. The van der Waals surface area contributed by atoms with Gasteiger partial charge in [0.15, 0.2) is 5.96 Å². The fourth-order valence-corrected chi connectivity index (χ4v) is 2.63. The quantitative estimate of drug-likeness (QED) is 0.833. The van der Waals surface area contributed by atoms with Gasteiger partial charge in [0.25, 0.3) is 0 Å². The molecule has 1 heterocycles. The van der Waals surface area contributed by atoms with E-state index in [1.807, 2.05) is 16.7 Å². The summed E-state index contributed by atoms with van der Waals surface area (Å²) in [5, 5.41) is 0. The molecule has 0 fully saturated rings. The van der Waals surface area contributed by atoms with Crippen molar-refractivity contribution in [2.24, 2.45) is 10.7 Å². The Kier molecular flexibility index (Phi) is 4.47. The van der Waals surface area contributed by atoms with E-state index in [4.69, 9.17) is 5.73 Å². The Morgan fingerprint density at radius 3 is 2.83 bits per heavy atom. The monoisotopic (exact) mass is 267 g/mol. The molecule has 0 saturated carbocycles. The molecule has 0 spiro atoms. The molecule has 1 unspecified atom stereocenters. The van der Waals surface area contributed by atoms with Gasteiger partial charge in [-0.05, 0) is 49.1 Å². The van der Waals surface area contributed by atoms with Crippen molar-refractivity contribution in [3.05, 3.63) is 30.1 Å². The van der Waals surface area contributed by atoms with Gasteiger partial charge in [-0.15, -0.1) is 0 Å². The van der Waals surface area contributed by atoms with Crippen molar-refractivity contribution in [3.8, 4) is 0 Å². The molecule has 1 aromatic carbocycles. The van der Waals surface area contributed by atoms with Crippen molar-refractivity contribution in [1.82, 2.24) is 0 Å². The number of nitrogens with zero attached hydrogens (tertiary/aromatic N) is 2. The molecule has 2 rings (SSSR count). The number of benzene rings is 1. The fourth-order valence-electron chi connectivity index (χ4n) is 2.17. The summed E-state index contributed by atoms with van der Waals surface area (Å²) >= 11 is 1.85. The number of aliphatic imine (C=N–C) groups is 1. The molecule has 1 aliphatic rings. The van der Waals surface area contributed by atoms with Gasteiger partial charge in [0.05, 0.1) is 12.6 Å². The molecule has 1 atom stereocenters. The minimum Gasteiger partial charge on any atom is -0.370 e. The van der Waals surface area contributed by atoms with E-state index >= 15 is 0 Å². The van der Waals surface area contributed by atoms with Crippen molar-refractivity contribution < 1.29 is 4.39 Å². The number of hydrogen-bond donors (Lipinski definition) is 1. The van der Waals surface area contributed by atoms with Crippen LogP contribution in [0.4, 0.5) is 10.1 Å². The molecule has 0 saturated heterocycles. The molecule has 1 aromatic rings. The summed E-state index contributed by atoms with van der Waals surface area (Å²) in [6.45, 7) is 0.734. The van der Waals surface area contributed by atoms with Crippen LogP contribution < -0.4 is 10.6 Å². The van der Waals surface area contributed by atoms with Crippen LogP contribution in [-0.4, -0.2) is 30.6 Å². The lowest BCUT2D eigenvalue weighted by Gasteiger charge is -2.26. The first-order valence-electron chi connectivity index (χ1n) is 6.06. The molecule has 2 N–H and O–H groups in total. The molecule has 0 bridgehead atoms. The van der Waals surface area contributed by atoms with E-state index < -0.39 is 0 Å². The maximum Gasteiger partial charge on any atom is 0.196 e. The molecule has 5 heteroatoms. The summed E-state index contributed by atoms with van der Waals surface area (Å²) in [5.74, 6) is 1.45. The second kappa shape index (κ2) is 6.09. The third-order valence-electron chi connectivity index (χ3n) is 3.07. The topological polar surface area (TPSA) is 41.6 Å². The van der Waals surface area contributed by atoms with Gasteiger partial charge < -0.3 is 10.6 Å². The Bertz CT molecular complexity index is 419. The zero-order valence-corrected chi connectivity index (χ0v) is 11.3. The molecule has 1 aliphatic heterocycles. The molecular weight excluding hydrogens is 249 g/mol. The van der Waals surface area contributed by atoms with Crippen LogP contribution in [0.2, 0.25) is 0 Å². The average molecular weight is 267 g/mol. The first-order chi connectivity index (χ1) is 8.72. The lowest BCUT2D eigenvalue weighted by molar-refractivity contribution is 0.623. The van der Waals surface area contributed by atoms with E-state index in [-0.39, 0.29) is 5.82 Å². The van der Waals surface area contributed by atoms with Gasteiger partial charge in [-0.25, -0.2) is 4.39 Å². The third kappa shape index (κ3) is 2.96. The Hall–Kier alpha value is -1.23. The van der Waals surface area contributed by atoms with Gasteiger partial charge in [0.1, 0.15) is 5.82 Å². The predicted octanol–water partition coefficient (Wildman–Crippen LogP) is 2.47. The number of halogens is 1. The largest absolute Gasteiger partial charge is 0.370 e. The van der Waals surface area contributed by atoms with Crippen LogP contribution in [0.5, 0.6) is 0 Å². The Balaban J connectivity index is 2.07. The normalized spacial score (nSPS) is 19.1. The lowest BCUT2D eigenvalue weighted by atomic mass is 10.1. The van der Waals surface area contributed by atoms with E-state index in [0.717, 1.165) is 30.8 Å². The molecule has 3 nitrogen and oxygen atoms in total. The number of nitrogens with two attached hydrogens (primary N) is 1. The van der Waals surface area contributed by atoms with Crippen LogP contribution in [0.3, 0.4) is 0 Å². The van der Waals surface area contributed by atoms with Gasteiger partial charge in [0, 0.05) is 5.69 Å². The zero-order valence-electron chi connectivity index (χ0n) is 10.5. The van der Waals surface area contributed by atoms with Crippen LogP contribution in [0.1, 0.15) is 12.8 Å². The van der Waals surface area contributed by atoms with Crippen molar-refractivity contribution in [2.45, 2.75) is 18.9 Å². The molecular formula is C13H18FN3S. The second-order valence-corrected chi connectivity index (χ2v) is 5.32. The molecule has 0 aromatic heterocycles. The number of hydrogen-bond acceptors (Lipinski definition) is 4. The van der Waals surface area contributed by atoms with Gasteiger partial charge in [-0.2, -0.15) is 11.8 Å².